The molecule has 0 saturated carbocycles. The number of methoxy groups -OCH3 is 1. The van der Waals surface area contributed by atoms with Crippen LogP contribution in [0.2, 0.25) is 0 Å². The van der Waals surface area contributed by atoms with Crippen molar-refractivity contribution in [2.75, 3.05) is 33.4 Å². The molecule has 304 valence electrons. The normalized spacial score (nSPS) is 22.6. The van der Waals surface area contributed by atoms with Crippen molar-refractivity contribution in [2.24, 2.45) is 0 Å². The van der Waals surface area contributed by atoms with E-state index in [9.17, 15) is 29.4 Å². The maximum atomic E-state index is 13.1. The molecule has 2 fully saturated rings. The number of carbonyl (C=O) groups excluding carboxylic acids is 4. The third-order valence-corrected chi connectivity index (χ3v) is 10.6. The van der Waals surface area contributed by atoms with Gasteiger partial charge in [-0.05, 0) is 111 Å². The lowest BCUT2D eigenvalue weighted by atomic mass is 9.83. The van der Waals surface area contributed by atoms with E-state index in [1.807, 2.05) is 37.3 Å². The number of likely N-dealkylation sites (tertiary alicyclic amines) is 1. The number of benzene rings is 3. The van der Waals surface area contributed by atoms with Crippen LogP contribution in [0.25, 0.3) is 22.2 Å². The summed E-state index contributed by atoms with van der Waals surface area (Å²) in [5.74, 6) is -2.70. The number of aromatic nitrogens is 1. The SMILES string of the molecule is COC(=O)[C@H]1O[C@@H](Oc2ccc(-c3c(C)c4cc(O)ccc4n3Cc3ccc(OCCN4CCCCCC4)cc3)cc2)[C@@](O)(C(C)=O)[C@@H](OC(C)=O)[C@@H]1OC(C)=O. The lowest BCUT2D eigenvalue weighted by Crippen LogP contribution is -2.73. The van der Waals surface area contributed by atoms with E-state index in [2.05, 4.69) is 9.47 Å². The molecule has 2 N–H and O–H groups in total. The number of fused-ring (bicyclic) bond motifs is 1. The number of nitrogens with zero attached hydrogens (tertiary/aromatic N) is 2. The Morgan fingerprint density at radius 2 is 1.51 bits per heavy atom. The van der Waals surface area contributed by atoms with Crippen molar-refractivity contribution >= 4 is 34.6 Å². The minimum atomic E-state index is -2.71. The largest absolute Gasteiger partial charge is 0.508 e. The molecule has 3 heterocycles. The van der Waals surface area contributed by atoms with Crippen LogP contribution < -0.4 is 9.47 Å². The van der Waals surface area contributed by atoms with Crippen molar-refractivity contribution < 1.29 is 57.8 Å². The summed E-state index contributed by atoms with van der Waals surface area (Å²) in [5.41, 5.74) is 1.82. The summed E-state index contributed by atoms with van der Waals surface area (Å²) >= 11 is 0. The molecule has 0 aliphatic carbocycles. The zero-order valence-corrected chi connectivity index (χ0v) is 32.9. The van der Waals surface area contributed by atoms with Gasteiger partial charge >= 0.3 is 17.9 Å². The van der Waals surface area contributed by atoms with Gasteiger partial charge in [0.1, 0.15) is 23.9 Å². The second-order valence-corrected chi connectivity index (χ2v) is 14.5. The molecule has 1 aromatic heterocycles. The number of esters is 3. The van der Waals surface area contributed by atoms with Gasteiger partial charge in [-0.15, -0.1) is 0 Å². The van der Waals surface area contributed by atoms with Crippen molar-refractivity contribution in [3.63, 3.8) is 0 Å². The van der Waals surface area contributed by atoms with Crippen molar-refractivity contribution in [1.29, 1.82) is 0 Å². The number of phenols is 1. The average molecular weight is 787 g/mol. The molecule has 14 heteroatoms. The Labute approximate surface area is 331 Å². The van der Waals surface area contributed by atoms with Crippen LogP contribution in [0.4, 0.5) is 0 Å². The Morgan fingerprint density at radius 3 is 2.12 bits per heavy atom. The second-order valence-electron chi connectivity index (χ2n) is 14.5. The summed E-state index contributed by atoms with van der Waals surface area (Å²) in [5, 5.41) is 23.1. The number of hydrogen-bond acceptors (Lipinski definition) is 13. The minimum Gasteiger partial charge on any atom is -0.508 e. The summed E-state index contributed by atoms with van der Waals surface area (Å²) in [4.78, 5) is 52.7. The number of phenolic OH excluding ortho intramolecular Hbond substituents is 1. The maximum Gasteiger partial charge on any atom is 0.339 e. The van der Waals surface area contributed by atoms with E-state index in [4.69, 9.17) is 28.4 Å². The van der Waals surface area contributed by atoms with Crippen LogP contribution in [0.15, 0.2) is 66.7 Å². The molecule has 0 spiro atoms. The molecule has 0 radical (unpaired) electrons. The highest BCUT2D eigenvalue weighted by molar-refractivity contribution is 5.93. The third kappa shape index (κ3) is 9.08. The maximum absolute atomic E-state index is 13.1. The fraction of sp³-hybridized carbons (Fsp3) is 0.442. The first-order valence-electron chi connectivity index (χ1n) is 19.1. The molecule has 57 heavy (non-hydrogen) atoms. The first-order valence-corrected chi connectivity index (χ1v) is 19.1. The van der Waals surface area contributed by atoms with Crippen molar-refractivity contribution in [1.82, 2.24) is 9.47 Å². The Morgan fingerprint density at radius 1 is 0.860 bits per heavy atom. The van der Waals surface area contributed by atoms with Crippen molar-refractivity contribution in [3.05, 3.63) is 77.9 Å². The number of Topliss-reactive ketones (excluding diaryl/α,β-unsaturated/α-hetero) is 1. The van der Waals surface area contributed by atoms with Crippen LogP contribution in [-0.2, 0) is 44.7 Å². The van der Waals surface area contributed by atoms with Gasteiger partial charge in [-0.1, -0.05) is 25.0 Å². The quantitative estimate of drug-likeness (QED) is 0.136. The standard InChI is InChI=1S/C43H50N2O12/c1-26-35-24-32(49)14-19-36(35)45(25-30-10-15-33(16-11-30)53-23-22-44-20-8-6-7-9-21-44)37(26)31-12-17-34(18-13-31)56-42-43(51,27(2)46)40(55-29(4)48)38(54-28(3)47)39(57-42)41(50)52-5/h10-19,24,38-40,42,49,51H,6-9,20-23,25H2,1-5H3/t38-,39+,40+,42-,43-/m1/s1. The molecule has 2 aliphatic heterocycles. The monoisotopic (exact) mass is 786 g/mol. The lowest BCUT2D eigenvalue weighted by Gasteiger charge is -2.47. The van der Waals surface area contributed by atoms with Crippen LogP contribution in [0.5, 0.6) is 17.2 Å². The molecular formula is C43H50N2O12. The predicted molar refractivity (Wildman–Crippen MR) is 208 cm³/mol. The molecular weight excluding hydrogens is 736 g/mol. The van der Waals surface area contributed by atoms with E-state index in [1.165, 1.54) is 25.7 Å². The molecule has 0 unspecified atom stereocenters. The molecule has 2 saturated heterocycles. The number of ketones is 1. The van der Waals surface area contributed by atoms with Crippen LogP contribution in [0.3, 0.4) is 0 Å². The molecule has 0 amide bonds. The second kappa shape index (κ2) is 17.8. The minimum absolute atomic E-state index is 0.129. The van der Waals surface area contributed by atoms with Crippen LogP contribution in [-0.4, -0.2) is 107 Å². The topological polar surface area (TPSA) is 172 Å². The van der Waals surface area contributed by atoms with Crippen LogP contribution in [0.1, 0.15) is 57.6 Å². The van der Waals surface area contributed by atoms with E-state index in [-0.39, 0.29) is 11.5 Å². The fourth-order valence-electron chi connectivity index (χ4n) is 7.69. The molecule has 5 atom stereocenters. The fourth-order valence-corrected chi connectivity index (χ4v) is 7.69. The van der Waals surface area contributed by atoms with Gasteiger partial charge in [-0.25, -0.2) is 4.79 Å². The summed E-state index contributed by atoms with van der Waals surface area (Å²) in [6.45, 7) is 9.37. The summed E-state index contributed by atoms with van der Waals surface area (Å²) in [7, 11) is 1.07. The Balaban J connectivity index is 1.26. The van der Waals surface area contributed by atoms with Gasteiger partial charge in [-0.3, -0.25) is 19.3 Å². The first-order chi connectivity index (χ1) is 27.3. The highest BCUT2D eigenvalue weighted by atomic mass is 16.7. The summed E-state index contributed by atoms with van der Waals surface area (Å²) < 4.78 is 35.5. The van der Waals surface area contributed by atoms with E-state index in [0.29, 0.717) is 13.2 Å². The Kier molecular flexibility index (Phi) is 12.9. The van der Waals surface area contributed by atoms with E-state index in [1.54, 1.807) is 36.4 Å². The number of aryl methyl sites for hydroxylation is 1. The number of rotatable bonds is 13. The Bertz CT molecular complexity index is 2070. The van der Waals surface area contributed by atoms with Gasteiger partial charge in [0.15, 0.2) is 24.1 Å². The number of aromatic hydroxyl groups is 1. The molecule has 6 rings (SSSR count). The van der Waals surface area contributed by atoms with Gasteiger partial charge in [0.05, 0.1) is 12.8 Å². The zero-order chi connectivity index (χ0) is 40.9. The van der Waals surface area contributed by atoms with Gasteiger partial charge in [0.2, 0.25) is 11.9 Å². The van der Waals surface area contributed by atoms with Crippen LogP contribution in [0, 0.1) is 6.92 Å². The third-order valence-electron chi connectivity index (χ3n) is 10.6. The van der Waals surface area contributed by atoms with E-state index in [0.717, 1.165) is 86.6 Å². The van der Waals surface area contributed by atoms with E-state index < -0.39 is 53.9 Å². The summed E-state index contributed by atoms with van der Waals surface area (Å²) in [6.07, 6.45) is -2.20. The predicted octanol–water partition coefficient (Wildman–Crippen LogP) is 5.09. The first kappa shape index (κ1) is 41.2. The van der Waals surface area contributed by atoms with Gasteiger partial charge in [0, 0.05) is 37.8 Å². The van der Waals surface area contributed by atoms with Gasteiger partial charge < -0.3 is 43.2 Å². The zero-order valence-electron chi connectivity index (χ0n) is 32.9. The van der Waals surface area contributed by atoms with Gasteiger partial charge in [0.25, 0.3) is 0 Å². The van der Waals surface area contributed by atoms with Gasteiger partial charge in [-0.2, -0.15) is 0 Å². The highest BCUT2D eigenvalue weighted by Crippen LogP contribution is 2.39. The molecule has 14 nitrogen and oxygen atoms in total. The molecule has 0 bridgehead atoms. The number of ether oxygens (including phenoxy) is 6. The lowest BCUT2D eigenvalue weighted by molar-refractivity contribution is -0.306. The molecule has 3 aromatic carbocycles. The van der Waals surface area contributed by atoms with Crippen molar-refractivity contribution in [2.45, 2.75) is 90.1 Å². The number of aliphatic hydroxyl groups is 1. The molecule has 4 aromatic rings. The summed E-state index contributed by atoms with van der Waals surface area (Å²) in [6, 6.07) is 20.1. The molecule has 2 aliphatic rings. The number of carbonyl (C=O) groups is 4. The highest BCUT2D eigenvalue weighted by Gasteiger charge is 2.65. The average Bonchev–Trinajstić information content (AvgIpc) is 3.30. The van der Waals surface area contributed by atoms with Crippen LogP contribution >= 0.6 is 0 Å². The smallest absolute Gasteiger partial charge is 0.339 e. The van der Waals surface area contributed by atoms with Crippen molar-refractivity contribution in [3.8, 4) is 28.5 Å². The van der Waals surface area contributed by atoms with E-state index >= 15 is 0 Å². The Hall–Kier alpha value is -5.44. The number of hydrogen-bond donors (Lipinski definition) is 2.